The Kier molecular flexibility index (Phi) is 4.83. The third kappa shape index (κ3) is 3.61. The van der Waals surface area contributed by atoms with Crippen molar-refractivity contribution in [3.05, 3.63) is 28.0 Å². The van der Waals surface area contributed by atoms with Crippen LogP contribution in [-0.4, -0.2) is 41.0 Å². The Morgan fingerprint density at radius 1 is 1.45 bits per heavy atom. The molecule has 0 aromatic carbocycles. The van der Waals surface area contributed by atoms with E-state index in [9.17, 15) is 9.59 Å². The molecule has 1 amide bonds. The van der Waals surface area contributed by atoms with Crippen LogP contribution < -0.4 is 0 Å². The van der Waals surface area contributed by atoms with Crippen molar-refractivity contribution >= 4 is 35.1 Å². The van der Waals surface area contributed by atoms with Crippen molar-refractivity contribution in [2.45, 2.75) is 25.8 Å². The molecule has 0 saturated heterocycles. The monoisotopic (exact) mass is 316 g/mol. The number of carbonyl (C=O) groups is 2. The first-order valence-electron chi connectivity index (χ1n) is 6.30. The zero-order valence-corrected chi connectivity index (χ0v) is 12.4. The molecule has 2 rings (SSSR count). The fraction of sp³-hybridized carbons (Fsp3) is 0.462. The fourth-order valence-electron chi connectivity index (χ4n) is 1.83. The van der Waals surface area contributed by atoms with Gasteiger partial charge in [0.25, 0.3) is 5.91 Å². The molecular weight excluding hydrogens is 303 g/mol. The summed E-state index contributed by atoms with van der Waals surface area (Å²) >= 11 is 11.8. The molecule has 20 heavy (non-hydrogen) atoms. The highest BCUT2D eigenvalue weighted by atomic mass is 35.5. The van der Waals surface area contributed by atoms with Crippen LogP contribution in [0.3, 0.4) is 0 Å². The van der Waals surface area contributed by atoms with Gasteiger partial charge in [-0.25, -0.2) is 4.98 Å². The van der Waals surface area contributed by atoms with Crippen molar-refractivity contribution in [2.24, 2.45) is 0 Å². The van der Waals surface area contributed by atoms with E-state index in [0.717, 1.165) is 12.8 Å². The molecule has 1 aliphatic rings. The van der Waals surface area contributed by atoms with Crippen LogP contribution in [-0.2, 0) is 9.53 Å². The largest absolute Gasteiger partial charge is 0.465 e. The summed E-state index contributed by atoms with van der Waals surface area (Å²) < 4.78 is 4.89. The molecule has 0 radical (unpaired) electrons. The van der Waals surface area contributed by atoms with Crippen molar-refractivity contribution in [3.63, 3.8) is 0 Å². The number of pyridine rings is 1. The van der Waals surface area contributed by atoms with Gasteiger partial charge in [0.2, 0.25) is 0 Å². The van der Waals surface area contributed by atoms with E-state index in [1.54, 1.807) is 6.92 Å². The first-order chi connectivity index (χ1) is 9.52. The number of ether oxygens (including phenoxy) is 1. The SMILES string of the molecule is CCOC(=O)CN(C(=O)c1cc(Cl)ncc1Cl)C1CC1. The molecule has 0 aliphatic heterocycles. The highest BCUT2D eigenvalue weighted by Gasteiger charge is 2.35. The molecule has 5 nitrogen and oxygen atoms in total. The third-order valence-corrected chi connectivity index (χ3v) is 3.41. The second-order valence-corrected chi connectivity index (χ2v) is 5.25. The summed E-state index contributed by atoms with van der Waals surface area (Å²) in [6.45, 7) is 1.93. The van der Waals surface area contributed by atoms with Crippen molar-refractivity contribution in [2.75, 3.05) is 13.2 Å². The molecule has 1 aliphatic carbocycles. The van der Waals surface area contributed by atoms with Gasteiger partial charge in [0.05, 0.1) is 17.2 Å². The second-order valence-electron chi connectivity index (χ2n) is 4.46. The summed E-state index contributed by atoms with van der Waals surface area (Å²) in [5.41, 5.74) is 0.253. The minimum atomic E-state index is -0.427. The molecule has 0 unspecified atom stereocenters. The predicted molar refractivity (Wildman–Crippen MR) is 74.9 cm³/mol. The first kappa shape index (κ1) is 15.1. The zero-order valence-electron chi connectivity index (χ0n) is 10.9. The highest BCUT2D eigenvalue weighted by Crippen LogP contribution is 2.30. The molecule has 1 saturated carbocycles. The van der Waals surface area contributed by atoms with Gasteiger partial charge < -0.3 is 9.64 Å². The number of hydrogen-bond donors (Lipinski definition) is 0. The van der Waals surface area contributed by atoms with Crippen molar-refractivity contribution < 1.29 is 14.3 Å². The Morgan fingerprint density at radius 3 is 2.75 bits per heavy atom. The molecule has 1 heterocycles. The Labute approximate surface area is 126 Å². The van der Waals surface area contributed by atoms with Crippen LogP contribution in [0.4, 0.5) is 0 Å². The molecule has 0 atom stereocenters. The van der Waals surface area contributed by atoms with Crippen molar-refractivity contribution in [3.8, 4) is 0 Å². The van der Waals surface area contributed by atoms with Crippen molar-refractivity contribution in [1.29, 1.82) is 0 Å². The molecular formula is C13H14Cl2N2O3. The Hall–Kier alpha value is -1.33. The molecule has 0 bridgehead atoms. The van der Waals surface area contributed by atoms with Crippen LogP contribution in [0.25, 0.3) is 0 Å². The standard InChI is InChI=1S/C13H14Cl2N2O3/c1-2-20-12(18)7-17(8-3-4-8)13(19)9-5-11(15)16-6-10(9)14/h5-6,8H,2-4,7H2,1H3. The number of nitrogens with zero attached hydrogens (tertiary/aromatic N) is 2. The summed E-state index contributed by atoms with van der Waals surface area (Å²) in [5.74, 6) is -0.751. The fourth-order valence-corrected chi connectivity index (χ4v) is 2.17. The second kappa shape index (κ2) is 6.41. The maximum Gasteiger partial charge on any atom is 0.325 e. The van der Waals surface area contributed by atoms with Gasteiger partial charge in [0, 0.05) is 12.2 Å². The van der Waals surface area contributed by atoms with Gasteiger partial charge in [0.15, 0.2) is 0 Å². The highest BCUT2D eigenvalue weighted by molar-refractivity contribution is 6.35. The summed E-state index contributed by atoms with van der Waals surface area (Å²) in [6, 6.07) is 1.47. The van der Waals surface area contributed by atoms with E-state index < -0.39 is 5.97 Å². The summed E-state index contributed by atoms with van der Waals surface area (Å²) in [7, 11) is 0. The van der Waals surface area contributed by atoms with Crippen LogP contribution in [0.1, 0.15) is 30.1 Å². The van der Waals surface area contributed by atoms with Crippen LogP contribution in [0.15, 0.2) is 12.3 Å². The van der Waals surface area contributed by atoms with Crippen LogP contribution in [0.2, 0.25) is 10.2 Å². The van der Waals surface area contributed by atoms with Gasteiger partial charge in [-0.15, -0.1) is 0 Å². The maximum atomic E-state index is 12.5. The molecule has 0 spiro atoms. The van der Waals surface area contributed by atoms with Crippen LogP contribution in [0.5, 0.6) is 0 Å². The number of esters is 1. The minimum absolute atomic E-state index is 0.0647. The zero-order chi connectivity index (χ0) is 14.7. The molecule has 1 aromatic heterocycles. The lowest BCUT2D eigenvalue weighted by Gasteiger charge is -2.21. The van der Waals surface area contributed by atoms with E-state index in [1.165, 1.54) is 17.2 Å². The normalized spacial score (nSPS) is 13.9. The molecule has 1 fully saturated rings. The third-order valence-electron chi connectivity index (χ3n) is 2.91. The molecule has 108 valence electrons. The van der Waals surface area contributed by atoms with Crippen LogP contribution in [0, 0.1) is 0 Å². The number of hydrogen-bond acceptors (Lipinski definition) is 4. The van der Waals surface area contributed by atoms with Crippen molar-refractivity contribution in [1.82, 2.24) is 9.88 Å². The van der Waals surface area contributed by atoms with Gasteiger partial charge in [-0.3, -0.25) is 9.59 Å². The summed E-state index contributed by atoms with van der Waals surface area (Å²) in [6.07, 6.45) is 3.08. The van der Waals surface area contributed by atoms with E-state index in [0.29, 0.717) is 0 Å². The van der Waals surface area contributed by atoms with Gasteiger partial charge in [0.1, 0.15) is 11.7 Å². The Morgan fingerprint density at radius 2 is 2.15 bits per heavy atom. The minimum Gasteiger partial charge on any atom is -0.465 e. The average Bonchev–Trinajstić information content (AvgIpc) is 3.23. The topological polar surface area (TPSA) is 59.5 Å². The van der Waals surface area contributed by atoms with E-state index in [4.69, 9.17) is 27.9 Å². The van der Waals surface area contributed by atoms with Gasteiger partial charge in [-0.2, -0.15) is 0 Å². The first-order valence-corrected chi connectivity index (χ1v) is 7.06. The maximum absolute atomic E-state index is 12.5. The van der Waals surface area contributed by atoms with Gasteiger partial charge >= 0.3 is 5.97 Å². The molecule has 7 heteroatoms. The predicted octanol–water partition coefficient (Wildman–Crippen LogP) is 2.56. The lowest BCUT2D eigenvalue weighted by molar-refractivity contribution is -0.144. The molecule has 1 aromatic rings. The smallest absolute Gasteiger partial charge is 0.325 e. The summed E-state index contributed by atoms with van der Waals surface area (Å²) in [5, 5.41) is 0.401. The number of carbonyl (C=O) groups excluding carboxylic acids is 2. The number of rotatable bonds is 5. The van der Waals surface area contributed by atoms with E-state index in [1.807, 2.05) is 0 Å². The Bertz CT molecular complexity index is 532. The molecule has 0 N–H and O–H groups in total. The lowest BCUT2D eigenvalue weighted by atomic mass is 10.2. The van der Waals surface area contributed by atoms with Gasteiger partial charge in [-0.05, 0) is 25.8 Å². The van der Waals surface area contributed by atoms with E-state index >= 15 is 0 Å². The lowest BCUT2D eigenvalue weighted by Crippen LogP contribution is -2.38. The quantitative estimate of drug-likeness (QED) is 0.618. The van der Waals surface area contributed by atoms with E-state index in [2.05, 4.69) is 4.98 Å². The Balaban J connectivity index is 2.18. The number of halogens is 2. The number of aromatic nitrogens is 1. The van der Waals surface area contributed by atoms with E-state index in [-0.39, 0.29) is 40.8 Å². The van der Waals surface area contributed by atoms with Crippen LogP contribution >= 0.6 is 23.2 Å². The number of amides is 1. The average molecular weight is 317 g/mol. The summed E-state index contributed by atoms with van der Waals surface area (Å²) in [4.78, 5) is 29.4. The van der Waals surface area contributed by atoms with Gasteiger partial charge in [-0.1, -0.05) is 23.2 Å².